The van der Waals surface area contributed by atoms with Gasteiger partial charge < -0.3 is 10.6 Å². The van der Waals surface area contributed by atoms with E-state index in [1.54, 1.807) is 0 Å². The molecule has 7 heteroatoms. The number of aryl methyl sites for hydroxylation is 2. The highest BCUT2D eigenvalue weighted by molar-refractivity contribution is 14.0. The van der Waals surface area contributed by atoms with E-state index >= 15 is 0 Å². The zero-order valence-electron chi connectivity index (χ0n) is 17.5. The Morgan fingerprint density at radius 2 is 1.83 bits per heavy atom. The molecule has 2 N–H and O–H groups in total. The minimum atomic E-state index is 0. The number of rotatable bonds is 6. The molecule has 6 nitrogen and oxygen atoms in total. The van der Waals surface area contributed by atoms with E-state index in [0.717, 1.165) is 40.7 Å². The summed E-state index contributed by atoms with van der Waals surface area (Å²) in [4.78, 5) is 4.67. The predicted molar refractivity (Wildman–Crippen MR) is 131 cm³/mol. The third-order valence-electron chi connectivity index (χ3n) is 4.52. The van der Waals surface area contributed by atoms with Gasteiger partial charge in [0.15, 0.2) is 5.96 Å². The van der Waals surface area contributed by atoms with Crippen LogP contribution in [0.2, 0.25) is 0 Å². The highest BCUT2D eigenvalue weighted by Gasteiger charge is 2.09. The van der Waals surface area contributed by atoms with Gasteiger partial charge in [0.25, 0.3) is 0 Å². The minimum absolute atomic E-state index is 0. The Balaban J connectivity index is 0.00000320. The van der Waals surface area contributed by atoms with Crippen LogP contribution in [0, 0.1) is 25.2 Å². The molecule has 0 atom stereocenters. The third-order valence-corrected chi connectivity index (χ3v) is 4.52. The van der Waals surface area contributed by atoms with E-state index in [0.29, 0.717) is 18.7 Å². The Kier molecular flexibility index (Phi) is 8.87. The van der Waals surface area contributed by atoms with Crippen molar-refractivity contribution in [1.82, 2.24) is 20.4 Å². The molecule has 3 rings (SSSR count). The largest absolute Gasteiger partial charge is 0.357 e. The van der Waals surface area contributed by atoms with Gasteiger partial charge in [-0.05, 0) is 56.2 Å². The topological polar surface area (TPSA) is 78.0 Å². The van der Waals surface area contributed by atoms with E-state index in [-0.39, 0.29) is 24.0 Å². The fraction of sp³-hybridized carbons (Fsp3) is 0.261. The first-order chi connectivity index (χ1) is 14.1. The lowest BCUT2D eigenvalue weighted by Crippen LogP contribution is -2.37. The number of nitrogens with one attached hydrogen (secondary N) is 2. The molecule has 0 unspecified atom stereocenters. The zero-order valence-corrected chi connectivity index (χ0v) is 19.8. The number of aromatic nitrogens is 2. The molecule has 0 aliphatic rings. The van der Waals surface area contributed by atoms with Gasteiger partial charge in [-0.3, -0.25) is 0 Å². The van der Waals surface area contributed by atoms with Gasteiger partial charge >= 0.3 is 0 Å². The summed E-state index contributed by atoms with van der Waals surface area (Å²) in [6.07, 6.45) is 0. The number of para-hydroxylation sites is 1. The molecule has 0 aliphatic heterocycles. The van der Waals surface area contributed by atoms with E-state index in [2.05, 4.69) is 51.9 Å². The van der Waals surface area contributed by atoms with E-state index in [1.165, 1.54) is 0 Å². The molecule has 0 saturated carbocycles. The lowest BCUT2D eigenvalue weighted by molar-refractivity contribution is 0.783. The van der Waals surface area contributed by atoms with Crippen LogP contribution in [-0.4, -0.2) is 22.3 Å². The van der Waals surface area contributed by atoms with Gasteiger partial charge in [-0.1, -0.05) is 30.3 Å². The van der Waals surface area contributed by atoms with Crippen molar-refractivity contribution < 1.29 is 0 Å². The Hall–Kier alpha value is -2.86. The zero-order chi connectivity index (χ0) is 20.6. The van der Waals surface area contributed by atoms with Crippen molar-refractivity contribution in [3.05, 3.63) is 82.7 Å². The van der Waals surface area contributed by atoms with Gasteiger partial charge in [-0.25, -0.2) is 9.67 Å². The molecule has 1 heterocycles. The van der Waals surface area contributed by atoms with Crippen LogP contribution in [0.4, 0.5) is 0 Å². The molecule has 0 bridgehead atoms. The summed E-state index contributed by atoms with van der Waals surface area (Å²) >= 11 is 0. The Morgan fingerprint density at radius 1 is 1.10 bits per heavy atom. The van der Waals surface area contributed by atoms with Crippen LogP contribution in [0.1, 0.15) is 35.0 Å². The average Bonchev–Trinajstić information content (AvgIpc) is 3.08. The van der Waals surface area contributed by atoms with E-state index in [4.69, 9.17) is 5.26 Å². The van der Waals surface area contributed by atoms with E-state index in [1.807, 2.05) is 54.9 Å². The number of nitriles is 1. The lowest BCUT2D eigenvalue weighted by Gasteiger charge is -2.15. The van der Waals surface area contributed by atoms with Gasteiger partial charge in [0.05, 0.1) is 29.6 Å². The quantitative estimate of drug-likeness (QED) is 0.293. The second kappa shape index (κ2) is 11.4. The second-order valence-corrected chi connectivity index (χ2v) is 6.83. The summed E-state index contributed by atoms with van der Waals surface area (Å²) in [7, 11) is 0. The molecule has 0 aliphatic carbocycles. The van der Waals surface area contributed by atoms with Crippen LogP contribution in [-0.2, 0) is 13.1 Å². The third kappa shape index (κ3) is 6.07. The first-order valence-electron chi connectivity index (χ1n) is 9.73. The van der Waals surface area contributed by atoms with Gasteiger partial charge in [0.1, 0.15) is 0 Å². The number of guanidine groups is 1. The number of hydrogen-bond donors (Lipinski definition) is 2. The van der Waals surface area contributed by atoms with Gasteiger partial charge in [-0.15, -0.1) is 24.0 Å². The number of benzene rings is 2. The summed E-state index contributed by atoms with van der Waals surface area (Å²) < 4.78 is 1.98. The molecule has 0 radical (unpaired) electrons. The molecular formula is C23H27IN6. The van der Waals surface area contributed by atoms with Crippen molar-refractivity contribution in [2.75, 3.05) is 6.54 Å². The first-order valence-corrected chi connectivity index (χ1v) is 9.73. The molecule has 0 saturated heterocycles. The summed E-state index contributed by atoms with van der Waals surface area (Å²) in [5.74, 6) is 0.750. The molecule has 30 heavy (non-hydrogen) atoms. The summed E-state index contributed by atoms with van der Waals surface area (Å²) in [5.41, 5.74) is 6.03. The van der Waals surface area contributed by atoms with E-state index < -0.39 is 0 Å². The van der Waals surface area contributed by atoms with Gasteiger partial charge in [0.2, 0.25) is 0 Å². The van der Waals surface area contributed by atoms with Gasteiger partial charge in [-0.2, -0.15) is 10.4 Å². The van der Waals surface area contributed by atoms with Crippen LogP contribution in [0.15, 0.2) is 59.6 Å². The fourth-order valence-corrected chi connectivity index (χ4v) is 3.12. The standard InChI is InChI=1S/C23H26N6.HI/c1-4-25-23(26-15-20-11-9-19(14-24)10-12-20)27-16-21-7-5-6-8-22(21)29-18(3)13-17(2)28-29;/h5-13H,4,15-16H2,1-3H3,(H2,25,26,27);1H. The van der Waals surface area contributed by atoms with E-state index in [9.17, 15) is 0 Å². The maximum Gasteiger partial charge on any atom is 0.191 e. The van der Waals surface area contributed by atoms with Crippen LogP contribution < -0.4 is 10.6 Å². The molecule has 1 aromatic heterocycles. The number of aliphatic imine (C=N–C) groups is 1. The molecule has 3 aromatic rings. The van der Waals surface area contributed by atoms with Crippen LogP contribution in [0.3, 0.4) is 0 Å². The second-order valence-electron chi connectivity index (χ2n) is 6.83. The fourth-order valence-electron chi connectivity index (χ4n) is 3.12. The molecule has 0 fully saturated rings. The lowest BCUT2D eigenvalue weighted by atomic mass is 10.1. The Morgan fingerprint density at radius 3 is 2.47 bits per heavy atom. The highest BCUT2D eigenvalue weighted by atomic mass is 127. The Labute approximate surface area is 195 Å². The number of halogens is 1. The monoisotopic (exact) mass is 514 g/mol. The summed E-state index contributed by atoms with van der Waals surface area (Å²) in [5, 5.41) is 20.2. The molecular weight excluding hydrogens is 487 g/mol. The molecule has 0 spiro atoms. The van der Waals surface area contributed by atoms with Crippen molar-refractivity contribution >= 4 is 29.9 Å². The van der Waals surface area contributed by atoms with Crippen molar-refractivity contribution in [1.29, 1.82) is 5.26 Å². The van der Waals surface area contributed by atoms with Crippen molar-refractivity contribution in [2.24, 2.45) is 4.99 Å². The van der Waals surface area contributed by atoms with Crippen LogP contribution in [0.25, 0.3) is 5.69 Å². The molecule has 2 aromatic carbocycles. The van der Waals surface area contributed by atoms with Crippen molar-refractivity contribution in [3.8, 4) is 11.8 Å². The smallest absolute Gasteiger partial charge is 0.191 e. The first kappa shape index (κ1) is 23.4. The van der Waals surface area contributed by atoms with Crippen LogP contribution in [0.5, 0.6) is 0 Å². The maximum absolute atomic E-state index is 8.91. The minimum Gasteiger partial charge on any atom is -0.357 e. The maximum atomic E-state index is 8.91. The van der Waals surface area contributed by atoms with Crippen molar-refractivity contribution in [2.45, 2.75) is 33.9 Å². The summed E-state index contributed by atoms with van der Waals surface area (Å²) in [6, 6.07) is 20.0. The average molecular weight is 514 g/mol. The molecule has 0 amide bonds. The molecule has 156 valence electrons. The number of nitrogens with zero attached hydrogens (tertiary/aromatic N) is 4. The summed E-state index contributed by atoms with van der Waals surface area (Å²) in [6.45, 7) is 8.06. The normalized spacial score (nSPS) is 10.8. The SMILES string of the molecule is CCNC(=NCc1ccc(C#N)cc1)NCc1ccccc1-n1nc(C)cc1C.I. The predicted octanol–water partition coefficient (Wildman–Crippen LogP) is 4.23. The highest BCUT2D eigenvalue weighted by Crippen LogP contribution is 2.17. The van der Waals surface area contributed by atoms with Crippen LogP contribution >= 0.6 is 24.0 Å². The van der Waals surface area contributed by atoms with Gasteiger partial charge in [0, 0.05) is 18.8 Å². The number of hydrogen-bond acceptors (Lipinski definition) is 3. The Bertz CT molecular complexity index is 1030. The van der Waals surface area contributed by atoms with Crippen molar-refractivity contribution in [3.63, 3.8) is 0 Å².